The second-order valence-electron chi connectivity index (χ2n) is 5.67. The first-order chi connectivity index (χ1) is 10.6. The van der Waals surface area contributed by atoms with E-state index in [9.17, 15) is 0 Å². The van der Waals surface area contributed by atoms with Crippen molar-refractivity contribution in [2.75, 3.05) is 20.3 Å². The molecule has 0 aliphatic rings. The predicted molar refractivity (Wildman–Crippen MR) is 90.8 cm³/mol. The van der Waals surface area contributed by atoms with Crippen LogP contribution in [0.3, 0.4) is 0 Å². The van der Waals surface area contributed by atoms with E-state index >= 15 is 0 Å². The molecule has 3 heteroatoms. The summed E-state index contributed by atoms with van der Waals surface area (Å²) in [6.45, 7) is 5.44. The molecule has 0 aliphatic carbocycles. The molecular formula is C19H25NO2. The molecule has 0 amide bonds. The van der Waals surface area contributed by atoms with E-state index in [0.717, 1.165) is 17.9 Å². The zero-order valence-corrected chi connectivity index (χ0v) is 13.6. The van der Waals surface area contributed by atoms with Crippen LogP contribution in [0.5, 0.6) is 11.5 Å². The zero-order valence-electron chi connectivity index (χ0n) is 13.6. The predicted octanol–water partition coefficient (Wildman–Crippen LogP) is 3.82. The molecule has 0 aromatic heterocycles. The molecule has 22 heavy (non-hydrogen) atoms. The molecule has 0 radical (unpaired) electrons. The van der Waals surface area contributed by atoms with Gasteiger partial charge < -0.3 is 15.2 Å². The van der Waals surface area contributed by atoms with Gasteiger partial charge >= 0.3 is 0 Å². The molecule has 0 bridgehead atoms. The highest BCUT2D eigenvalue weighted by Crippen LogP contribution is 2.23. The highest BCUT2D eigenvalue weighted by molar-refractivity contribution is 5.33. The van der Waals surface area contributed by atoms with E-state index in [0.29, 0.717) is 19.1 Å². The van der Waals surface area contributed by atoms with Gasteiger partial charge in [-0.2, -0.15) is 0 Å². The van der Waals surface area contributed by atoms with Gasteiger partial charge in [0.2, 0.25) is 0 Å². The number of nitrogens with two attached hydrogens (primary N) is 1. The van der Waals surface area contributed by atoms with Gasteiger partial charge in [0.25, 0.3) is 0 Å². The van der Waals surface area contributed by atoms with Crippen LogP contribution in [0.15, 0.2) is 42.5 Å². The number of methoxy groups -OCH3 is 1. The fraction of sp³-hybridized carbons (Fsp3) is 0.368. The van der Waals surface area contributed by atoms with Gasteiger partial charge in [-0.1, -0.05) is 18.2 Å². The Bertz CT molecular complexity index is 573. The molecule has 2 N–H and O–H groups in total. The quantitative estimate of drug-likeness (QED) is 0.845. The first-order valence-electron chi connectivity index (χ1n) is 7.67. The van der Waals surface area contributed by atoms with Gasteiger partial charge in [0.1, 0.15) is 11.5 Å². The van der Waals surface area contributed by atoms with Crippen LogP contribution in [0.2, 0.25) is 0 Å². The topological polar surface area (TPSA) is 44.5 Å². The molecule has 0 spiro atoms. The number of aryl methyl sites for hydroxylation is 2. The van der Waals surface area contributed by atoms with Gasteiger partial charge in [-0.05, 0) is 73.7 Å². The van der Waals surface area contributed by atoms with Crippen molar-refractivity contribution in [3.8, 4) is 11.5 Å². The van der Waals surface area contributed by atoms with Gasteiger partial charge in [-0.15, -0.1) is 0 Å². The number of benzene rings is 2. The Labute approximate surface area is 133 Å². The van der Waals surface area contributed by atoms with Crippen LogP contribution in [0.25, 0.3) is 0 Å². The Morgan fingerprint density at radius 2 is 1.59 bits per heavy atom. The molecule has 0 saturated heterocycles. The minimum absolute atomic E-state index is 0.303. The van der Waals surface area contributed by atoms with E-state index in [1.807, 2.05) is 12.1 Å². The molecule has 3 nitrogen and oxygen atoms in total. The van der Waals surface area contributed by atoms with Crippen molar-refractivity contribution < 1.29 is 9.47 Å². The summed E-state index contributed by atoms with van der Waals surface area (Å²) in [7, 11) is 1.67. The van der Waals surface area contributed by atoms with E-state index in [2.05, 4.69) is 44.2 Å². The van der Waals surface area contributed by atoms with Crippen molar-refractivity contribution in [3.63, 3.8) is 0 Å². The monoisotopic (exact) mass is 299 g/mol. The SMILES string of the molecule is COc1ccc(C(CN)CCOc2cc(C)cc(C)c2)cc1. The maximum atomic E-state index is 5.92. The Balaban J connectivity index is 1.92. The van der Waals surface area contributed by atoms with Crippen LogP contribution in [0, 0.1) is 13.8 Å². The molecule has 0 aliphatic heterocycles. The Morgan fingerprint density at radius 1 is 0.955 bits per heavy atom. The highest BCUT2D eigenvalue weighted by Gasteiger charge is 2.10. The minimum atomic E-state index is 0.303. The first-order valence-corrected chi connectivity index (χ1v) is 7.67. The largest absolute Gasteiger partial charge is 0.497 e. The summed E-state index contributed by atoms with van der Waals surface area (Å²) in [5, 5.41) is 0. The van der Waals surface area contributed by atoms with Gasteiger partial charge in [-0.25, -0.2) is 0 Å². The lowest BCUT2D eigenvalue weighted by molar-refractivity contribution is 0.298. The Morgan fingerprint density at radius 3 is 2.14 bits per heavy atom. The van der Waals surface area contributed by atoms with E-state index in [1.54, 1.807) is 7.11 Å². The summed E-state index contributed by atoms with van der Waals surface area (Å²) in [5.74, 6) is 2.10. The maximum absolute atomic E-state index is 5.92. The molecule has 0 fully saturated rings. The molecule has 2 rings (SSSR count). The van der Waals surface area contributed by atoms with E-state index in [4.69, 9.17) is 15.2 Å². The van der Waals surface area contributed by atoms with E-state index in [-0.39, 0.29) is 0 Å². The van der Waals surface area contributed by atoms with Gasteiger partial charge in [-0.3, -0.25) is 0 Å². The van der Waals surface area contributed by atoms with Crippen molar-refractivity contribution in [1.82, 2.24) is 0 Å². The average Bonchev–Trinajstić information content (AvgIpc) is 2.51. The average molecular weight is 299 g/mol. The molecule has 0 heterocycles. The third-order valence-electron chi connectivity index (χ3n) is 3.80. The lowest BCUT2D eigenvalue weighted by Gasteiger charge is -2.16. The third-order valence-corrected chi connectivity index (χ3v) is 3.80. The second kappa shape index (κ2) is 7.85. The first kappa shape index (κ1) is 16.4. The van der Waals surface area contributed by atoms with Crippen molar-refractivity contribution in [2.24, 2.45) is 5.73 Å². The lowest BCUT2D eigenvalue weighted by atomic mass is 9.96. The van der Waals surface area contributed by atoms with Crippen molar-refractivity contribution in [3.05, 3.63) is 59.2 Å². The second-order valence-corrected chi connectivity index (χ2v) is 5.67. The maximum Gasteiger partial charge on any atom is 0.119 e. The smallest absolute Gasteiger partial charge is 0.119 e. The standard InChI is InChI=1S/C19H25NO2/c1-14-10-15(2)12-19(11-14)22-9-8-17(13-20)16-4-6-18(21-3)7-5-16/h4-7,10-12,17H,8-9,13,20H2,1-3H3. The van der Waals surface area contributed by atoms with Crippen molar-refractivity contribution in [1.29, 1.82) is 0 Å². The van der Waals surface area contributed by atoms with Crippen LogP contribution < -0.4 is 15.2 Å². The van der Waals surface area contributed by atoms with E-state index in [1.165, 1.54) is 16.7 Å². The summed E-state index contributed by atoms with van der Waals surface area (Å²) in [4.78, 5) is 0. The molecular weight excluding hydrogens is 274 g/mol. The Hall–Kier alpha value is -2.00. The molecule has 2 aromatic rings. The Kier molecular flexibility index (Phi) is 5.84. The molecule has 1 unspecified atom stereocenters. The summed E-state index contributed by atoms with van der Waals surface area (Å²) in [6, 6.07) is 14.4. The summed E-state index contributed by atoms with van der Waals surface area (Å²) >= 11 is 0. The van der Waals surface area contributed by atoms with Crippen LogP contribution in [-0.4, -0.2) is 20.3 Å². The fourth-order valence-corrected chi connectivity index (χ4v) is 2.63. The molecule has 0 saturated carbocycles. The third kappa shape index (κ3) is 4.50. The zero-order chi connectivity index (χ0) is 15.9. The van der Waals surface area contributed by atoms with Gasteiger partial charge in [0.15, 0.2) is 0 Å². The van der Waals surface area contributed by atoms with Gasteiger partial charge in [0, 0.05) is 0 Å². The summed E-state index contributed by atoms with van der Waals surface area (Å²) in [6.07, 6.45) is 0.899. The van der Waals surface area contributed by atoms with Crippen LogP contribution in [0.4, 0.5) is 0 Å². The summed E-state index contributed by atoms with van der Waals surface area (Å²) in [5.41, 5.74) is 9.59. The number of hydrogen-bond acceptors (Lipinski definition) is 3. The number of rotatable bonds is 7. The molecule has 118 valence electrons. The summed E-state index contributed by atoms with van der Waals surface area (Å²) < 4.78 is 11.1. The van der Waals surface area contributed by atoms with Crippen LogP contribution in [-0.2, 0) is 0 Å². The van der Waals surface area contributed by atoms with E-state index < -0.39 is 0 Å². The molecule has 1 atom stereocenters. The van der Waals surface area contributed by atoms with Crippen LogP contribution >= 0.6 is 0 Å². The minimum Gasteiger partial charge on any atom is -0.497 e. The van der Waals surface area contributed by atoms with Crippen molar-refractivity contribution in [2.45, 2.75) is 26.2 Å². The lowest BCUT2D eigenvalue weighted by Crippen LogP contribution is -2.15. The molecule has 2 aromatic carbocycles. The number of ether oxygens (including phenoxy) is 2. The normalized spacial score (nSPS) is 12.0. The van der Waals surface area contributed by atoms with Gasteiger partial charge in [0.05, 0.1) is 13.7 Å². The highest BCUT2D eigenvalue weighted by atomic mass is 16.5. The van der Waals surface area contributed by atoms with Crippen molar-refractivity contribution >= 4 is 0 Å². The fourth-order valence-electron chi connectivity index (χ4n) is 2.63. The number of hydrogen-bond donors (Lipinski definition) is 1. The van der Waals surface area contributed by atoms with Crippen LogP contribution in [0.1, 0.15) is 29.0 Å².